The van der Waals surface area contributed by atoms with Gasteiger partial charge in [0.05, 0.1) is 17.4 Å². The molecule has 1 saturated heterocycles. The lowest BCUT2D eigenvalue weighted by Gasteiger charge is -2.22. The smallest absolute Gasteiger partial charge is 0.265 e. The Morgan fingerprint density at radius 3 is 2.93 bits per heavy atom. The molecule has 1 fully saturated rings. The fourth-order valence-corrected chi connectivity index (χ4v) is 3.52. The molecule has 1 amide bonds. The minimum Gasteiger partial charge on any atom is -0.351 e. The minimum absolute atomic E-state index is 0.164. The van der Waals surface area contributed by atoms with Crippen molar-refractivity contribution in [2.75, 3.05) is 25.0 Å². The maximum Gasteiger partial charge on any atom is 0.265 e. The summed E-state index contributed by atoms with van der Waals surface area (Å²) in [5, 5.41) is 17.6. The molecule has 1 aromatic carbocycles. The molecule has 0 bridgehead atoms. The number of carbonyl (C=O) groups is 1. The van der Waals surface area contributed by atoms with Crippen molar-refractivity contribution >= 4 is 39.7 Å². The van der Waals surface area contributed by atoms with Gasteiger partial charge in [-0.3, -0.25) is 9.89 Å². The van der Waals surface area contributed by atoms with Crippen molar-refractivity contribution in [1.29, 1.82) is 0 Å². The Balaban J connectivity index is 1.50. The van der Waals surface area contributed by atoms with Gasteiger partial charge < -0.3 is 16.0 Å². The molecular formula is C21H26N8O. The Kier molecular flexibility index (Phi) is 5.99. The first kappa shape index (κ1) is 20.0. The Morgan fingerprint density at radius 1 is 1.27 bits per heavy atom. The summed E-state index contributed by atoms with van der Waals surface area (Å²) < 4.78 is 0. The summed E-state index contributed by atoms with van der Waals surface area (Å²) in [5.74, 6) is 0.901. The number of hydrogen-bond acceptors (Lipinski definition) is 7. The SMILES string of the molecule is C/C(=N\c1c(C)ncnc1Nc1ccc2[nH]ncc2c1)C(=O)NCC1CCNCC1. The molecule has 1 aliphatic rings. The lowest BCUT2D eigenvalue weighted by atomic mass is 9.98. The van der Waals surface area contributed by atoms with Gasteiger partial charge in [0, 0.05) is 17.6 Å². The Morgan fingerprint density at radius 2 is 2.10 bits per heavy atom. The molecular weight excluding hydrogens is 380 g/mol. The largest absolute Gasteiger partial charge is 0.351 e. The van der Waals surface area contributed by atoms with Crippen molar-refractivity contribution in [3.63, 3.8) is 0 Å². The van der Waals surface area contributed by atoms with E-state index in [1.165, 1.54) is 6.33 Å². The molecule has 3 heterocycles. The molecule has 4 N–H and O–H groups in total. The molecule has 9 nitrogen and oxygen atoms in total. The van der Waals surface area contributed by atoms with Gasteiger partial charge in [0.15, 0.2) is 5.82 Å². The van der Waals surface area contributed by atoms with Crippen LogP contribution in [0.3, 0.4) is 0 Å². The Hall–Kier alpha value is -3.33. The van der Waals surface area contributed by atoms with E-state index in [4.69, 9.17) is 0 Å². The number of aromatic amines is 1. The summed E-state index contributed by atoms with van der Waals surface area (Å²) in [6.07, 6.45) is 5.41. The summed E-state index contributed by atoms with van der Waals surface area (Å²) in [4.78, 5) is 25.7. The van der Waals surface area contributed by atoms with E-state index in [0.717, 1.165) is 42.5 Å². The predicted octanol–water partition coefficient (Wildman–Crippen LogP) is 2.61. The highest BCUT2D eigenvalue weighted by molar-refractivity contribution is 6.38. The molecule has 156 valence electrons. The number of fused-ring (bicyclic) bond motifs is 1. The quantitative estimate of drug-likeness (QED) is 0.467. The fourth-order valence-electron chi connectivity index (χ4n) is 3.52. The lowest BCUT2D eigenvalue weighted by molar-refractivity contribution is -0.115. The molecule has 1 aliphatic heterocycles. The van der Waals surface area contributed by atoms with E-state index in [2.05, 4.69) is 41.1 Å². The van der Waals surface area contributed by atoms with Crippen LogP contribution in [0.25, 0.3) is 10.9 Å². The van der Waals surface area contributed by atoms with Crippen LogP contribution in [0.5, 0.6) is 0 Å². The maximum absolute atomic E-state index is 12.6. The number of carbonyl (C=O) groups excluding carboxylic acids is 1. The molecule has 0 atom stereocenters. The van der Waals surface area contributed by atoms with Crippen LogP contribution in [0.4, 0.5) is 17.2 Å². The van der Waals surface area contributed by atoms with E-state index in [0.29, 0.717) is 35.4 Å². The number of H-pyrrole nitrogens is 1. The van der Waals surface area contributed by atoms with Crippen LogP contribution >= 0.6 is 0 Å². The fraction of sp³-hybridized carbons (Fsp3) is 0.381. The van der Waals surface area contributed by atoms with Gasteiger partial charge in [-0.05, 0) is 63.9 Å². The van der Waals surface area contributed by atoms with Gasteiger partial charge in [0.1, 0.15) is 17.7 Å². The standard InChI is InChI=1S/C21H26N8O/c1-13-19(27-14(2)21(30)23-10-15-5-7-22-8-6-15)20(25-12-24-13)28-17-3-4-18-16(9-17)11-26-29-18/h3-4,9,11-12,15,22H,5-8,10H2,1-2H3,(H,23,30)(H,26,29)(H,24,25,28)/b27-14+. The van der Waals surface area contributed by atoms with Gasteiger partial charge in [-0.15, -0.1) is 0 Å². The second-order valence-electron chi connectivity index (χ2n) is 7.55. The van der Waals surface area contributed by atoms with Crippen molar-refractivity contribution in [2.24, 2.45) is 10.9 Å². The number of piperidine rings is 1. The summed E-state index contributed by atoms with van der Waals surface area (Å²) in [7, 11) is 0. The third kappa shape index (κ3) is 4.62. The van der Waals surface area contributed by atoms with Crippen molar-refractivity contribution in [1.82, 2.24) is 30.8 Å². The highest BCUT2D eigenvalue weighted by atomic mass is 16.1. The monoisotopic (exact) mass is 406 g/mol. The summed E-state index contributed by atoms with van der Waals surface area (Å²) >= 11 is 0. The minimum atomic E-state index is -0.164. The summed E-state index contributed by atoms with van der Waals surface area (Å²) in [5.41, 5.74) is 3.45. The zero-order valence-corrected chi connectivity index (χ0v) is 17.2. The van der Waals surface area contributed by atoms with Crippen LogP contribution in [-0.2, 0) is 4.79 Å². The number of rotatable bonds is 6. The van der Waals surface area contributed by atoms with Crippen molar-refractivity contribution in [3.8, 4) is 0 Å². The second kappa shape index (κ2) is 9.00. The predicted molar refractivity (Wildman–Crippen MR) is 118 cm³/mol. The maximum atomic E-state index is 12.6. The molecule has 0 radical (unpaired) electrons. The number of aliphatic imine (C=N–C) groups is 1. The van der Waals surface area contributed by atoms with Crippen molar-refractivity contribution < 1.29 is 4.79 Å². The van der Waals surface area contributed by atoms with Gasteiger partial charge in [-0.1, -0.05) is 0 Å². The number of benzene rings is 1. The number of aryl methyl sites for hydroxylation is 1. The number of anilines is 2. The van der Waals surface area contributed by atoms with E-state index in [9.17, 15) is 4.79 Å². The van der Waals surface area contributed by atoms with Gasteiger partial charge in [0.25, 0.3) is 5.91 Å². The third-order valence-electron chi connectivity index (χ3n) is 5.33. The first-order valence-corrected chi connectivity index (χ1v) is 10.2. The number of amides is 1. The van der Waals surface area contributed by atoms with Gasteiger partial charge >= 0.3 is 0 Å². The van der Waals surface area contributed by atoms with Crippen LogP contribution in [0.1, 0.15) is 25.5 Å². The first-order chi connectivity index (χ1) is 14.6. The zero-order chi connectivity index (χ0) is 20.9. The highest BCUT2D eigenvalue weighted by Crippen LogP contribution is 2.29. The van der Waals surface area contributed by atoms with Crippen LogP contribution in [0.15, 0.2) is 35.7 Å². The second-order valence-corrected chi connectivity index (χ2v) is 7.55. The van der Waals surface area contributed by atoms with Crippen LogP contribution in [0, 0.1) is 12.8 Å². The average molecular weight is 406 g/mol. The molecule has 0 unspecified atom stereocenters. The normalized spacial score (nSPS) is 15.3. The molecule has 30 heavy (non-hydrogen) atoms. The van der Waals surface area contributed by atoms with Crippen LogP contribution < -0.4 is 16.0 Å². The number of nitrogens with one attached hydrogen (secondary N) is 4. The van der Waals surface area contributed by atoms with E-state index in [1.54, 1.807) is 13.1 Å². The molecule has 0 spiro atoms. The van der Waals surface area contributed by atoms with Crippen molar-refractivity contribution in [3.05, 3.63) is 36.4 Å². The molecule has 9 heteroatoms. The van der Waals surface area contributed by atoms with E-state index in [1.807, 2.05) is 25.1 Å². The van der Waals surface area contributed by atoms with Gasteiger partial charge in [-0.2, -0.15) is 5.10 Å². The molecule has 2 aromatic heterocycles. The first-order valence-electron chi connectivity index (χ1n) is 10.2. The zero-order valence-electron chi connectivity index (χ0n) is 17.2. The Bertz CT molecular complexity index is 1070. The lowest BCUT2D eigenvalue weighted by Crippen LogP contribution is -2.38. The van der Waals surface area contributed by atoms with Crippen molar-refractivity contribution in [2.45, 2.75) is 26.7 Å². The highest BCUT2D eigenvalue weighted by Gasteiger charge is 2.16. The number of nitrogens with zero attached hydrogens (tertiary/aromatic N) is 4. The summed E-state index contributed by atoms with van der Waals surface area (Å²) in [6.45, 7) is 6.26. The summed E-state index contributed by atoms with van der Waals surface area (Å²) in [6, 6.07) is 5.85. The average Bonchev–Trinajstić information content (AvgIpc) is 3.23. The van der Waals surface area contributed by atoms with E-state index in [-0.39, 0.29) is 5.91 Å². The molecule has 0 saturated carbocycles. The third-order valence-corrected chi connectivity index (χ3v) is 5.33. The van der Waals surface area contributed by atoms with Crippen LogP contribution in [-0.4, -0.2) is 51.4 Å². The van der Waals surface area contributed by atoms with Crippen LogP contribution in [0.2, 0.25) is 0 Å². The van der Waals surface area contributed by atoms with Gasteiger partial charge in [-0.25, -0.2) is 15.0 Å². The number of aromatic nitrogens is 4. The molecule has 4 rings (SSSR count). The molecule has 0 aliphatic carbocycles. The van der Waals surface area contributed by atoms with E-state index < -0.39 is 0 Å². The van der Waals surface area contributed by atoms with Gasteiger partial charge in [0.2, 0.25) is 0 Å². The Labute approximate surface area is 174 Å². The topological polar surface area (TPSA) is 120 Å². The number of hydrogen-bond donors (Lipinski definition) is 4. The molecule has 3 aromatic rings. The van der Waals surface area contributed by atoms with E-state index >= 15 is 0 Å².